The van der Waals surface area contributed by atoms with Crippen LogP contribution in [-0.2, 0) is 0 Å². The molecule has 4 rings (SSSR count). The number of hydrogen-bond acceptors (Lipinski definition) is 8. The summed E-state index contributed by atoms with van der Waals surface area (Å²) < 4.78 is 27.5. The third kappa shape index (κ3) is 2.85. The molecule has 0 N–H and O–H groups in total. The Bertz CT molecular complexity index is 828. The summed E-state index contributed by atoms with van der Waals surface area (Å²) in [6.07, 6.45) is -0.379. The van der Waals surface area contributed by atoms with Crippen LogP contribution in [0.15, 0.2) is 21.5 Å². The van der Waals surface area contributed by atoms with E-state index in [4.69, 9.17) is 0 Å². The molecule has 0 bridgehead atoms. The fourth-order valence-corrected chi connectivity index (χ4v) is 4.15. The van der Waals surface area contributed by atoms with Crippen molar-refractivity contribution in [2.75, 3.05) is 18.0 Å². The molecule has 3 aromatic rings. The maximum Gasteiger partial charge on any atom is 0.299 e. The number of nitrogens with zero attached hydrogens (tertiary/aromatic N) is 7. The molecule has 120 valence electrons. The van der Waals surface area contributed by atoms with Gasteiger partial charge in [-0.1, -0.05) is 11.3 Å². The Kier molecular flexibility index (Phi) is 3.81. The monoisotopic (exact) mass is 355 g/mol. The molecule has 0 atom stereocenters. The minimum Gasteiger partial charge on any atom is -0.347 e. The minimum atomic E-state index is -2.72. The van der Waals surface area contributed by atoms with Gasteiger partial charge in [-0.25, -0.2) is 8.78 Å². The van der Waals surface area contributed by atoms with Gasteiger partial charge in [-0.3, -0.25) is 0 Å². The summed E-state index contributed by atoms with van der Waals surface area (Å²) in [5, 5.41) is 21.1. The summed E-state index contributed by atoms with van der Waals surface area (Å²) in [6, 6.07) is 3.32. The fourth-order valence-electron chi connectivity index (χ4n) is 2.35. The first-order chi connectivity index (χ1) is 11.2. The lowest BCUT2D eigenvalue weighted by atomic mass is 10.4. The molecule has 0 saturated carbocycles. The van der Waals surface area contributed by atoms with E-state index in [-0.39, 0.29) is 0 Å². The van der Waals surface area contributed by atoms with E-state index in [9.17, 15) is 8.78 Å². The molecule has 7 nitrogen and oxygen atoms in total. The van der Waals surface area contributed by atoms with Gasteiger partial charge in [0, 0.05) is 13.1 Å². The summed E-state index contributed by atoms with van der Waals surface area (Å²) in [7, 11) is 0. The molecule has 0 unspecified atom stereocenters. The minimum absolute atomic E-state index is 0.291. The van der Waals surface area contributed by atoms with E-state index >= 15 is 0 Å². The highest BCUT2D eigenvalue weighted by atomic mass is 32.2. The lowest BCUT2D eigenvalue weighted by Crippen LogP contribution is -2.17. The number of rotatable bonds is 4. The molecular weight excluding hydrogens is 344 g/mol. The van der Waals surface area contributed by atoms with Crippen LogP contribution < -0.4 is 4.90 Å². The summed E-state index contributed by atoms with van der Waals surface area (Å²) >= 11 is 2.77. The van der Waals surface area contributed by atoms with Crippen molar-refractivity contribution in [3.05, 3.63) is 18.0 Å². The number of aromatic nitrogens is 6. The molecule has 1 aliphatic rings. The summed E-state index contributed by atoms with van der Waals surface area (Å²) in [6.45, 7) is 2.00. The van der Waals surface area contributed by atoms with E-state index in [1.54, 1.807) is 12.1 Å². The van der Waals surface area contributed by atoms with E-state index < -0.39 is 12.2 Å². The Labute approximate surface area is 137 Å². The largest absolute Gasteiger partial charge is 0.347 e. The van der Waals surface area contributed by atoms with E-state index in [0.29, 0.717) is 10.7 Å². The number of alkyl halides is 2. The van der Waals surface area contributed by atoms with Crippen molar-refractivity contribution in [2.45, 2.75) is 28.6 Å². The predicted octanol–water partition coefficient (Wildman–Crippen LogP) is 2.66. The zero-order chi connectivity index (χ0) is 15.8. The Morgan fingerprint density at radius 1 is 1.09 bits per heavy atom. The Balaban J connectivity index is 1.58. The summed E-state index contributed by atoms with van der Waals surface area (Å²) in [5.74, 6) is -0.461. The Hall–Kier alpha value is -1.88. The van der Waals surface area contributed by atoms with Crippen molar-refractivity contribution in [2.24, 2.45) is 0 Å². The van der Waals surface area contributed by atoms with Crippen LogP contribution in [0.2, 0.25) is 0 Å². The number of hydrogen-bond donors (Lipinski definition) is 0. The summed E-state index contributed by atoms with van der Waals surface area (Å²) in [4.78, 5) is 2.20. The van der Waals surface area contributed by atoms with Gasteiger partial charge in [0.15, 0.2) is 9.99 Å². The molecule has 1 fully saturated rings. The van der Waals surface area contributed by atoms with Gasteiger partial charge in [-0.05, 0) is 36.7 Å². The first-order valence-electron chi connectivity index (χ1n) is 6.97. The molecule has 23 heavy (non-hydrogen) atoms. The van der Waals surface area contributed by atoms with Crippen molar-refractivity contribution < 1.29 is 8.78 Å². The van der Waals surface area contributed by atoms with Crippen molar-refractivity contribution in [3.8, 4) is 0 Å². The Morgan fingerprint density at radius 3 is 2.70 bits per heavy atom. The third-order valence-electron chi connectivity index (χ3n) is 3.42. The van der Waals surface area contributed by atoms with Crippen molar-refractivity contribution in [1.82, 2.24) is 30.0 Å². The molecule has 3 aromatic heterocycles. The fraction of sp³-hybridized carbons (Fsp3) is 0.417. The average Bonchev–Trinajstić information content (AvgIpc) is 3.27. The van der Waals surface area contributed by atoms with E-state index in [1.807, 2.05) is 0 Å². The second kappa shape index (κ2) is 5.96. The van der Waals surface area contributed by atoms with Gasteiger partial charge in [0.05, 0.1) is 0 Å². The molecule has 0 amide bonds. The van der Waals surface area contributed by atoms with Crippen molar-refractivity contribution >= 4 is 33.9 Å². The predicted molar refractivity (Wildman–Crippen MR) is 81.2 cm³/mol. The Morgan fingerprint density at radius 2 is 1.91 bits per heavy atom. The van der Waals surface area contributed by atoms with Crippen LogP contribution >= 0.6 is 23.1 Å². The van der Waals surface area contributed by atoms with Gasteiger partial charge in [-0.15, -0.1) is 20.4 Å². The molecule has 0 aromatic carbocycles. The van der Waals surface area contributed by atoms with Crippen LogP contribution in [0.4, 0.5) is 13.9 Å². The maximum atomic E-state index is 12.9. The topological polar surface area (TPSA) is 72.1 Å². The van der Waals surface area contributed by atoms with Gasteiger partial charge in [0.25, 0.3) is 6.43 Å². The van der Waals surface area contributed by atoms with Crippen LogP contribution in [0.5, 0.6) is 0 Å². The van der Waals surface area contributed by atoms with E-state index in [1.165, 1.54) is 35.9 Å². The highest BCUT2D eigenvalue weighted by Gasteiger charge is 2.19. The smallest absolute Gasteiger partial charge is 0.299 e. The van der Waals surface area contributed by atoms with Crippen molar-refractivity contribution in [3.63, 3.8) is 0 Å². The molecule has 1 aliphatic heterocycles. The quantitative estimate of drug-likeness (QED) is 0.712. The first kappa shape index (κ1) is 14.7. The number of halogens is 2. The second-order valence-electron chi connectivity index (χ2n) is 4.95. The molecule has 4 heterocycles. The van der Waals surface area contributed by atoms with Gasteiger partial charge in [-0.2, -0.15) is 9.61 Å². The zero-order valence-corrected chi connectivity index (χ0v) is 13.4. The molecule has 0 spiro atoms. The SMILES string of the molecule is FC(F)c1nnc2ccc(Sc3nnc(N4CCCC4)s3)nn12. The van der Waals surface area contributed by atoms with Crippen LogP contribution in [0.1, 0.15) is 25.1 Å². The third-order valence-corrected chi connectivity index (χ3v) is 5.38. The molecule has 11 heteroatoms. The van der Waals surface area contributed by atoms with Gasteiger partial charge in [0.2, 0.25) is 11.0 Å². The van der Waals surface area contributed by atoms with Crippen LogP contribution in [0.25, 0.3) is 5.65 Å². The van der Waals surface area contributed by atoms with Crippen molar-refractivity contribution in [1.29, 1.82) is 0 Å². The van der Waals surface area contributed by atoms with Crippen LogP contribution in [-0.4, -0.2) is 43.1 Å². The molecule has 0 aliphatic carbocycles. The number of fused-ring (bicyclic) bond motifs is 1. The lowest BCUT2D eigenvalue weighted by molar-refractivity contribution is 0.137. The summed E-state index contributed by atoms with van der Waals surface area (Å²) in [5.41, 5.74) is 0.291. The highest BCUT2D eigenvalue weighted by Crippen LogP contribution is 2.33. The zero-order valence-electron chi connectivity index (χ0n) is 11.8. The van der Waals surface area contributed by atoms with E-state index in [0.717, 1.165) is 27.1 Å². The highest BCUT2D eigenvalue weighted by molar-refractivity contribution is 8.01. The van der Waals surface area contributed by atoms with Gasteiger partial charge < -0.3 is 4.90 Å². The molecular formula is C12H11F2N7S2. The number of anilines is 1. The van der Waals surface area contributed by atoms with Crippen LogP contribution in [0.3, 0.4) is 0 Å². The standard InChI is InChI=1S/C12H11F2N7S2/c13-9(14)10-16-15-7-3-4-8(19-21(7)10)22-12-18-17-11(23-12)20-5-1-2-6-20/h3-4,9H,1-2,5-6H2. The van der Waals surface area contributed by atoms with Gasteiger partial charge in [0.1, 0.15) is 5.03 Å². The van der Waals surface area contributed by atoms with E-state index in [2.05, 4.69) is 30.4 Å². The van der Waals surface area contributed by atoms with Crippen LogP contribution in [0, 0.1) is 0 Å². The normalized spacial score (nSPS) is 15.2. The average molecular weight is 355 g/mol. The first-order valence-corrected chi connectivity index (χ1v) is 8.61. The molecule has 1 saturated heterocycles. The molecule has 0 radical (unpaired) electrons. The van der Waals surface area contributed by atoms with Gasteiger partial charge >= 0.3 is 0 Å². The second-order valence-corrected chi connectivity index (χ2v) is 7.17. The lowest BCUT2D eigenvalue weighted by Gasteiger charge is -2.10. The maximum absolute atomic E-state index is 12.9.